The van der Waals surface area contributed by atoms with Crippen LogP contribution in [0.5, 0.6) is 5.75 Å². The lowest BCUT2D eigenvalue weighted by atomic mass is 9.90. The van der Waals surface area contributed by atoms with Crippen molar-refractivity contribution in [2.75, 3.05) is 12.4 Å². The van der Waals surface area contributed by atoms with E-state index in [0.717, 1.165) is 35.1 Å². The highest BCUT2D eigenvalue weighted by molar-refractivity contribution is 7.89. The lowest BCUT2D eigenvalue weighted by Crippen LogP contribution is -2.22. The molecule has 0 fully saturated rings. The fraction of sp³-hybridized carbons (Fsp3) is 0.227. The summed E-state index contributed by atoms with van der Waals surface area (Å²) >= 11 is 0. The summed E-state index contributed by atoms with van der Waals surface area (Å²) < 4.78 is 32.4. The number of rotatable bonds is 9. The van der Waals surface area contributed by atoms with Gasteiger partial charge in [0.2, 0.25) is 10.0 Å². The predicted molar refractivity (Wildman–Crippen MR) is 112 cm³/mol. The summed E-state index contributed by atoms with van der Waals surface area (Å²) in [7, 11) is -3.44. The zero-order valence-electron chi connectivity index (χ0n) is 15.9. The van der Waals surface area contributed by atoms with E-state index < -0.39 is 22.6 Å². The Morgan fingerprint density at radius 3 is 2.69 bits per heavy atom. The van der Waals surface area contributed by atoms with E-state index in [2.05, 4.69) is 4.72 Å². The van der Waals surface area contributed by atoms with Crippen molar-refractivity contribution >= 4 is 21.6 Å². The number of ether oxygens (including phenoxy) is 1. The van der Waals surface area contributed by atoms with E-state index in [1.54, 1.807) is 18.2 Å². The molecular weight excluding hydrogens is 390 g/mol. The van der Waals surface area contributed by atoms with Crippen molar-refractivity contribution in [1.82, 2.24) is 4.72 Å². The van der Waals surface area contributed by atoms with Gasteiger partial charge >= 0.3 is 5.97 Å². The normalized spacial score (nSPS) is 13.6. The highest BCUT2D eigenvalue weighted by Crippen LogP contribution is 2.33. The molecule has 0 atom stereocenters. The molecular formula is C22H23NO5S. The van der Waals surface area contributed by atoms with E-state index in [-0.39, 0.29) is 5.75 Å². The molecule has 0 unspecified atom stereocenters. The number of hydrogen-bond acceptors (Lipinski definition) is 4. The lowest BCUT2D eigenvalue weighted by Gasteiger charge is -2.19. The Hall–Kier alpha value is -3.06. The Morgan fingerprint density at radius 2 is 1.93 bits per heavy atom. The Morgan fingerprint density at radius 1 is 1.14 bits per heavy atom. The van der Waals surface area contributed by atoms with Crippen molar-refractivity contribution in [3.63, 3.8) is 0 Å². The second-order valence-electron chi connectivity index (χ2n) is 6.67. The average molecular weight is 413 g/mol. The van der Waals surface area contributed by atoms with Gasteiger partial charge in [0.25, 0.3) is 0 Å². The van der Waals surface area contributed by atoms with Crippen LogP contribution in [-0.2, 0) is 27.7 Å². The van der Waals surface area contributed by atoms with Crippen LogP contribution >= 0.6 is 0 Å². The van der Waals surface area contributed by atoms with E-state index in [1.165, 1.54) is 6.20 Å². The minimum absolute atomic E-state index is 0.00413. The van der Waals surface area contributed by atoms with Crippen LogP contribution in [0.4, 0.5) is 0 Å². The van der Waals surface area contributed by atoms with Crippen molar-refractivity contribution in [3.05, 3.63) is 83.6 Å². The van der Waals surface area contributed by atoms with Gasteiger partial charge in [0.1, 0.15) is 5.75 Å². The monoisotopic (exact) mass is 413 g/mol. The zero-order chi connectivity index (χ0) is 20.7. The third-order valence-electron chi connectivity index (χ3n) is 4.57. The molecule has 1 aliphatic rings. The van der Waals surface area contributed by atoms with Crippen molar-refractivity contribution in [3.8, 4) is 5.75 Å². The summed E-state index contributed by atoms with van der Waals surface area (Å²) in [6.07, 6.45) is 7.13. The molecule has 0 saturated heterocycles. The largest absolute Gasteiger partial charge is 0.482 e. The number of allylic oxidation sites excluding steroid dienone is 3. The van der Waals surface area contributed by atoms with Gasteiger partial charge in [-0.2, -0.15) is 0 Å². The molecule has 0 spiro atoms. The van der Waals surface area contributed by atoms with Gasteiger partial charge in [-0.05, 0) is 48.1 Å². The molecule has 1 aliphatic carbocycles. The number of benzene rings is 2. The topological polar surface area (TPSA) is 92.7 Å². The van der Waals surface area contributed by atoms with Gasteiger partial charge in [0.05, 0.1) is 5.75 Å². The summed E-state index contributed by atoms with van der Waals surface area (Å²) in [5.74, 6) is -0.476. The molecule has 0 amide bonds. The fourth-order valence-electron chi connectivity index (χ4n) is 3.19. The number of carboxylic acid groups (broad SMARTS) is 1. The van der Waals surface area contributed by atoms with E-state index in [4.69, 9.17) is 9.84 Å². The summed E-state index contributed by atoms with van der Waals surface area (Å²) in [6.45, 7) is -0.396. The maximum atomic E-state index is 12.2. The molecule has 2 aromatic carbocycles. The van der Waals surface area contributed by atoms with Crippen LogP contribution < -0.4 is 9.46 Å². The summed E-state index contributed by atoms with van der Waals surface area (Å²) in [4.78, 5) is 10.8. The van der Waals surface area contributed by atoms with Crippen LogP contribution in [0, 0.1) is 0 Å². The standard InChI is InChI=1S/C22H23NO5S/c24-22(25)16-28-21-11-5-9-19-18(8-4-10-20(19)21)12-14-23-29(26,27)15-13-17-6-2-1-3-7-17/h1-3,5-9,11-12,14,23H,4,10,13,15-16H2,(H,24,25). The van der Waals surface area contributed by atoms with Gasteiger partial charge in [-0.1, -0.05) is 48.5 Å². The van der Waals surface area contributed by atoms with Crippen LogP contribution in [0.2, 0.25) is 0 Å². The molecule has 7 heteroatoms. The molecule has 152 valence electrons. The molecule has 0 radical (unpaired) electrons. The minimum Gasteiger partial charge on any atom is -0.482 e. The smallest absolute Gasteiger partial charge is 0.341 e. The first-order valence-electron chi connectivity index (χ1n) is 9.32. The Bertz CT molecular complexity index is 1030. The van der Waals surface area contributed by atoms with Gasteiger partial charge in [-0.15, -0.1) is 0 Å². The lowest BCUT2D eigenvalue weighted by molar-refractivity contribution is -0.139. The summed E-state index contributed by atoms with van der Waals surface area (Å²) in [6, 6.07) is 14.9. The fourth-order valence-corrected chi connectivity index (χ4v) is 4.09. The number of sulfonamides is 1. The quantitative estimate of drug-likeness (QED) is 0.659. The van der Waals surface area contributed by atoms with Crippen molar-refractivity contribution < 1.29 is 23.1 Å². The first-order chi connectivity index (χ1) is 13.9. The van der Waals surface area contributed by atoms with E-state index in [0.29, 0.717) is 12.2 Å². The van der Waals surface area contributed by atoms with Crippen LogP contribution in [0.3, 0.4) is 0 Å². The van der Waals surface area contributed by atoms with E-state index in [1.807, 2.05) is 42.5 Å². The van der Waals surface area contributed by atoms with Gasteiger partial charge in [-0.3, -0.25) is 4.72 Å². The number of hydrogen-bond donors (Lipinski definition) is 2. The van der Waals surface area contributed by atoms with E-state index in [9.17, 15) is 13.2 Å². The van der Waals surface area contributed by atoms with Crippen LogP contribution in [0.25, 0.3) is 5.57 Å². The molecule has 0 saturated carbocycles. The summed E-state index contributed by atoms with van der Waals surface area (Å²) in [5, 5.41) is 8.83. The third kappa shape index (κ3) is 5.96. The van der Waals surface area contributed by atoms with Gasteiger partial charge in [0.15, 0.2) is 6.61 Å². The molecule has 2 aromatic rings. The van der Waals surface area contributed by atoms with Crippen LogP contribution in [0.15, 0.2) is 66.9 Å². The number of aliphatic carboxylic acids is 1. The van der Waals surface area contributed by atoms with Gasteiger partial charge < -0.3 is 9.84 Å². The number of nitrogens with one attached hydrogen (secondary N) is 1. The predicted octanol–water partition coefficient (Wildman–Crippen LogP) is 3.16. The Kier molecular flexibility index (Phi) is 6.72. The molecule has 0 aromatic heterocycles. The molecule has 3 rings (SSSR count). The molecule has 2 N–H and O–H groups in total. The number of aryl methyl sites for hydroxylation is 1. The molecule has 6 nitrogen and oxygen atoms in total. The third-order valence-corrected chi connectivity index (χ3v) is 5.80. The first-order valence-corrected chi connectivity index (χ1v) is 11.0. The number of carboxylic acids is 1. The molecule has 0 heterocycles. The zero-order valence-corrected chi connectivity index (χ0v) is 16.7. The van der Waals surface area contributed by atoms with Gasteiger partial charge in [-0.25, -0.2) is 13.2 Å². The Balaban J connectivity index is 1.65. The van der Waals surface area contributed by atoms with E-state index >= 15 is 0 Å². The van der Waals surface area contributed by atoms with Crippen molar-refractivity contribution in [1.29, 1.82) is 0 Å². The second kappa shape index (κ2) is 9.43. The maximum Gasteiger partial charge on any atom is 0.341 e. The number of carbonyl (C=O) groups is 1. The highest BCUT2D eigenvalue weighted by atomic mass is 32.2. The maximum absolute atomic E-state index is 12.2. The van der Waals surface area contributed by atoms with Crippen molar-refractivity contribution in [2.24, 2.45) is 0 Å². The van der Waals surface area contributed by atoms with Crippen LogP contribution in [-0.4, -0.2) is 31.9 Å². The molecule has 0 bridgehead atoms. The SMILES string of the molecule is O=C(O)COc1cccc2c1CCC=C2C=CNS(=O)(=O)CCc1ccccc1. The first kappa shape index (κ1) is 20.7. The minimum atomic E-state index is -3.44. The second-order valence-corrected chi connectivity index (χ2v) is 8.54. The van der Waals surface area contributed by atoms with Crippen molar-refractivity contribution in [2.45, 2.75) is 19.3 Å². The molecule has 0 aliphatic heterocycles. The van der Waals surface area contributed by atoms with Gasteiger partial charge in [0, 0.05) is 11.8 Å². The average Bonchev–Trinajstić information content (AvgIpc) is 2.71. The Labute approximate surface area is 170 Å². The van der Waals surface area contributed by atoms with Crippen LogP contribution in [0.1, 0.15) is 23.1 Å². The number of fused-ring (bicyclic) bond motifs is 1. The molecule has 29 heavy (non-hydrogen) atoms. The summed E-state index contributed by atoms with van der Waals surface area (Å²) in [5.41, 5.74) is 3.69. The highest BCUT2D eigenvalue weighted by Gasteiger charge is 2.16.